The molecule has 1 heterocycles. The highest BCUT2D eigenvalue weighted by Gasteiger charge is 2.40. The number of hydrogen-bond donors (Lipinski definition) is 0. The average molecular weight is 335 g/mol. The van der Waals surface area contributed by atoms with Gasteiger partial charge in [-0.3, -0.25) is 4.79 Å². The average Bonchev–Trinajstić information content (AvgIpc) is 2.63. The lowest BCUT2D eigenvalue weighted by Gasteiger charge is -2.40. The third-order valence-corrected chi connectivity index (χ3v) is 7.48. The van der Waals surface area contributed by atoms with E-state index in [-0.39, 0.29) is 18.0 Å². The molecular formula is C22H38O2. The SMILES string of the molecule is CCCC1CCC([C@@H]2CC[C@@H](C3CCC(CC)CC3)C(=O)O2)CC1. The van der Waals surface area contributed by atoms with Crippen LogP contribution in [0.2, 0.25) is 0 Å². The Labute approximate surface area is 149 Å². The molecule has 0 aromatic heterocycles. The number of esters is 1. The van der Waals surface area contributed by atoms with E-state index in [2.05, 4.69) is 13.8 Å². The summed E-state index contributed by atoms with van der Waals surface area (Å²) in [5, 5.41) is 0. The monoisotopic (exact) mass is 334 g/mol. The Morgan fingerprint density at radius 2 is 1.42 bits per heavy atom. The molecule has 3 fully saturated rings. The van der Waals surface area contributed by atoms with Crippen molar-refractivity contribution in [1.29, 1.82) is 0 Å². The molecule has 2 heteroatoms. The maximum Gasteiger partial charge on any atom is 0.309 e. The topological polar surface area (TPSA) is 26.3 Å². The molecule has 138 valence electrons. The second-order valence-corrected chi connectivity index (χ2v) is 8.92. The molecule has 0 bridgehead atoms. The van der Waals surface area contributed by atoms with Gasteiger partial charge >= 0.3 is 5.97 Å². The van der Waals surface area contributed by atoms with E-state index in [4.69, 9.17) is 4.74 Å². The van der Waals surface area contributed by atoms with Gasteiger partial charge in [0.05, 0.1) is 5.92 Å². The highest BCUT2D eigenvalue weighted by Crippen LogP contribution is 2.42. The fraction of sp³-hybridized carbons (Fsp3) is 0.955. The van der Waals surface area contributed by atoms with Gasteiger partial charge in [-0.2, -0.15) is 0 Å². The Morgan fingerprint density at radius 3 is 2.00 bits per heavy atom. The molecule has 0 radical (unpaired) electrons. The minimum atomic E-state index is 0.155. The third kappa shape index (κ3) is 4.35. The van der Waals surface area contributed by atoms with E-state index in [1.54, 1.807) is 0 Å². The van der Waals surface area contributed by atoms with Crippen molar-refractivity contribution in [1.82, 2.24) is 0 Å². The van der Waals surface area contributed by atoms with Crippen molar-refractivity contribution in [2.45, 2.75) is 103 Å². The molecule has 0 aromatic rings. The summed E-state index contributed by atoms with van der Waals surface area (Å²) in [5.41, 5.74) is 0. The van der Waals surface area contributed by atoms with Gasteiger partial charge in [0.25, 0.3) is 0 Å². The van der Waals surface area contributed by atoms with Crippen LogP contribution in [0.15, 0.2) is 0 Å². The Bertz CT molecular complexity index is 389. The van der Waals surface area contributed by atoms with Gasteiger partial charge in [0.15, 0.2) is 0 Å². The summed E-state index contributed by atoms with van der Waals surface area (Å²) in [6.07, 6.45) is 16.9. The number of rotatable bonds is 5. The molecule has 0 N–H and O–H groups in total. The molecule has 0 unspecified atom stereocenters. The van der Waals surface area contributed by atoms with E-state index in [0.717, 1.165) is 24.7 Å². The molecule has 3 rings (SSSR count). The molecule has 24 heavy (non-hydrogen) atoms. The van der Waals surface area contributed by atoms with Crippen LogP contribution in [0.1, 0.15) is 97.3 Å². The van der Waals surface area contributed by atoms with Gasteiger partial charge in [0.1, 0.15) is 6.10 Å². The van der Waals surface area contributed by atoms with E-state index < -0.39 is 0 Å². The van der Waals surface area contributed by atoms with Gasteiger partial charge in [0.2, 0.25) is 0 Å². The number of hydrogen-bond acceptors (Lipinski definition) is 2. The first kappa shape index (κ1) is 18.3. The fourth-order valence-electron chi connectivity index (χ4n) is 5.77. The summed E-state index contributed by atoms with van der Waals surface area (Å²) >= 11 is 0. The first-order valence-corrected chi connectivity index (χ1v) is 10.9. The molecule has 2 saturated carbocycles. The normalized spacial score (nSPS) is 41.0. The summed E-state index contributed by atoms with van der Waals surface area (Å²) in [6, 6.07) is 0. The Kier molecular flexibility index (Phi) is 6.63. The fourth-order valence-corrected chi connectivity index (χ4v) is 5.77. The number of cyclic esters (lactones) is 1. The van der Waals surface area contributed by atoms with E-state index in [0.29, 0.717) is 11.8 Å². The maximum absolute atomic E-state index is 12.6. The molecule has 0 spiro atoms. The molecule has 3 aliphatic rings. The van der Waals surface area contributed by atoms with E-state index in [1.165, 1.54) is 70.6 Å². The molecule has 2 aliphatic carbocycles. The minimum Gasteiger partial charge on any atom is -0.462 e. The zero-order valence-corrected chi connectivity index (χ0v) is 16.0. The first-order valence-electron chi connectivity index (χ1n) is 10.9. The Balaban J connectivity index is 1.45. The Morgan fingerprint density at radius 1 is 0.792 bits per heavy atom. The van der Waals surface area contributed by atoms with Gasteiger partial charge in [0, 0.05) is 0 Å². The van der Waals surface area contributed by atoms with E-state index in [1.807, 2.05) is 0 Å². The van der Waals surface area contributed by atoms with Gasteiger partial charge in [-0.05, 0) is 62.2 Å². The van der Waals surface area contributed by atoms with Crippen molar-refractivity contribution in [2.24, 2.45) is 29.6 Å². The second kappa shape index (κ2) is 8.72. The summed E-state index contributed by atoms with van der Waals surface area (Å²) in [7, 11) is 0. The molecule has 2 atom stereocenters. The van der Waals surface area contributed by atoms with Crippen LogP contribution >= 0.6 is 0 Å². The van der Waals surface area contributed by atoms with Gasteiger partial charge in [-0.15, -0.1) is 0 Å². The Hall–Kier alpha value is -0.530. The smallest absolute Gasteiger partial charge is 0.309 e. The van der Waals surface area contributed by atoms with Crippen molar-refractivity contribution in [2.75, 3.05) is 0 Å². The third-order valence-electron chi connectivity index (χ3n) is 7.48. The zero-order valence-electron chi connectivity index (χ0n) is 16.0. The van der Waals surface area contributed by atoms with E-state index in [9.17, 15) is 4.79 Å². The van der Waals surface area contributed by atoms with Crippen LogP contribution in [0.25, 0.3) is 0 Å². The predicted molar refractivity (Wildman–Crippen MR) is 98.7 cm³/mol. The minimum absolute atomic E-state index is 0.155. The molecular weight excluding hydrogens is 296 g/mol. The van der Waals surface area contributed by atoms with Crippen molar-refractivity contribution in [3.8, 4) is 0 Å². The van der Waals surface area contributed by atoms with Crippen LogP contribution in [0, 0.1) is 29.6 Å². The van der Waals surface area contributed by atoms with Gasteiger partial charge in [-0.25, -0.2) is 0 Å². The lowest BCUT2D eigenvalue weighted by molar-refractivity contribution is -0.168. The summed E-state index contributed by atoms with van der Waals surface area (Å²) in [5.74, 6) is 3.48. The van der Waals surface area contributed by atoms with Crippen LogP contribution in [0.4, 0.5) is 0 Å². The van der Waals surface area contributed by atoms with Crippen LogP contribution in [0.5, 0.6) is 0 Å². The quantitative estimate of drug-likeness (QED) is 0.565. The van der Waals surface area contributed by atoms with Crippen molar-refractivity contribution in [3.63, 3.8) is 0 Å². The highest BCUT2D eigenvalue weighted by molar-refractivity contribution is 5.73. The molecule has 0 aromatic carbocycles. The second-order valence-electron chi connectivity index (χ2n) is 8.92. The summed E-state index contributed by atoms with van der Waals surface area (Å²) in [6.45, 7) is 4.60. The van der Waals surface area contributed by atoms with Crippen LogP contribution in [0.3, 0.4) is 0 Å². The number of ether oxygens (including phenoxy) is 1. The highest BCUT2D eigenvalue weighted by atomic mass is 16.5. The lowest BCUT2D eigenvalue weighted by atomic mass is 9.71. The van der Waals surface area contributed by atoms with Crippen LogP contribution in [-0.2, 0) is 9.53 Å². The standard InChI is InChI=1S/C22H38O2/c1-3-5-17-8-12-19(13-9-17)21-15-14-20(22(23)24-21)18-10-6-16(4-2)7-11-18/h16-21H,3-15H2,1-2H3/t16?,17?,18?,19?,20-,21-/m0/s1. The molecule has 1 saturated heterocycles. The van der Waals surface area contributed by atoms with Crippen molar-refractivity contribution < 1.29 is 9.53 Å². The predicted octanol–water partition coefficient (Wildman–Crippen LogP) is 6.13. The summed E-state index contributed by atoms with van der Waals surface area (Å²) in [4.78, 5) is 12.6. The van der Waals surface area contributed by atoms with Gasteiger partial charge in [-0.1, -0.05) is 58.8 Å². The van der Waals surface area contributed by atoms with E-state index >= 15 is 0 Å². The van der Waals surface area contributed by atoms with Crippen molar-refractivity contribution >= 4 is 5.97 Å². The van der Waals surface area contributed by atoms with Crippen molar-refractivity contribution in [3.05, 3.63) is 0 Å². The number of carbonyl (C=O) groups excluding carboxylic acids is 1. The summed E-state index contributed by atoms with van der Waals surface area (Å²) < 4.78 is 6.00. The number of carbonyl (C=O) groups is 1. The van der Waals surface area contributed by atoms with Crippen LogP contribution < -0.4 is 0 Å². The molecule has 2 nitrogen and oxygen atoms in total. The van der Waals surface area contributed by atoms with Gasteiger partial charge < -0.3 is 4.74 Å². The largest absolute Gasteiger partial charge is 0.462 e. The molecule has 0 amide bonds. The maximum atomic E-state index is 12.6. The lowest BCUT2D eigenvalue weighted by Crippen LogP contribution is -2.40. The van der Waals surface area contributed by atoms with Crippen LogP contribution in [-0.4, -0.2) is 12.1 Å². The zero-order chi connectivity index (χ0) is 16.9. The first-order chi connectivity index (χ1) is 11.7. The molecule has 1 aliphatic heterocycles.